The number of nitrogens with zero attached hydrogens (tertiary/aromatic N) is 1. The molecule has 0 aliphatic carbocycles. The zero-order valence-electron chi connectivity index (χ0n) is 12.8. The Morgan fingerprint density at radius 2 is 2.04 bits per heavy atom. The van der Waals surface area contributed by atoms with Gasteiger partial charge in [-0.25, -0.2) is 4.79 Å². The van der Waals surface area contributed by atoms with E-state index in [0.29, 0.717) is 22.8 Å². The molecule has 0 atom stereocenters. The Morgan fingerprint density at radius 3 is 2.83 bits per heavy atom. The highest BCUT2D eigenvalue weighted by atomic mass is 16.5. The van der Waals surface area contributed by atoms with Crippen LogP contribution in [0.3, 0.4) is 0 Å². The number of fused-ring (bicyclic) bond motifs is 1. The number of hydrogen-bond acceptors (Lipinski definition) is 6. The minimum absolute atomic E-state index is 0.0144. The Hall–Kier alpha value is -3.28. The van der Waals surface area contributed by atoms with Crippen molar-refractivity contribution in [3.8, 4) is 11.5 Å². The number of rotatable bonds is 4. The lowest BCUT2D eigenvalue weighted by molar-refractivity contribution is 0.0429. The molecular weight excluding hydrogens is 310 g/mol. The lowest BCUT2D eigenvalue weighted by atomic mass is 10.1. The molecule has 3 heterocycles. The standard InChI is InChI=1S/C18H13NO5/c1-11-13-5-2-3-6-14(13)23-17(11)18(20)22-10-12-9-16(24-19-12)15-7-4-8-21-15/h2-9H,10H2,1H3. The van der Waals surface area contributed by atoms with E-state index >= 15 is 0 Å². The first kappa shape index (κ1) is 14.3. The van der Waals surface area contributed by atoms with Gasteiger partial charge < -0.3 is 18.1 Å². The molecule has 0 fully saturated rings. The molecule has 0 amide bonds. The first-order chi connectivity index (χ1) is 11.7. The minimum Gasteiger partial charge on any atom is -0.461 e. The van der Waals surface area contributed by atoms with Gasteiger partial charge in [-0.15, -0.1) is 0 Å². The van der Waals surface area contributed by atoms with E-state index < -0.39 is 5.97 Å². The predicted molar refractivity (Wildman–Crippen MR) is 84.3 cm³/mol. The average Bonchev–Trinajstić information content (AvgIpc) is 3.33. The molecule has 0 bridgehead atoms. The van der Waals surface area contributed by atoms with E-state index in [1.807, 2.05) is 31.2 Å². The lowest BCUT2D eigenvalue weighted by Crippen LogP contribution is -2.05. The van der Waals surface area contributed by atoms with Gasteiger partial charge >= 0.3 is 5.97 Å². The van der Waals surface area contributed by atoms with Crippen molar-refractivity contribution in [1.82, 2.24) is 5.16 Å². The smallest absolute Gasteiger partial charge is 0.374 e. The Bertz CT molecular complexity index is 994. The summed E-state index contributed by atoms with van der Waals surface area (Å²) in [6.45, 7) is 1.81. The van der Waals surface area contributed by atoms with Crippen molar-refractivity contribution in [3.05, 3.63) is 65.7 Å². The molecule has 0 aliphatic rings. The SMILES string of the molecule is Cc1c(C(=O)OCc2cc(-c3ccco3)on2)oc2ccccc12. The van der Waals surface area contributed by atoms with Crippen LogP contribution in [0.15, 0.2) is 62.1 Å². The summed E-state index contributed by atoms with van der Waals surface area (Å²) >= 11 is 0. The van der Waals surface area contributed by atoms with Crippen LogP contribution in [-0.4, -0.2) is 11.1 Å². The van der Waals surface area contributed by atoms with Gasteiger partial charge in [0.05, 0.1) is 6.26 Å². The van der Waals surface area contributed by atoms with Crippen molar-refractivity contribution < 1.29 is 22.9 Å². The van der Waals surface area contributed by atoms with Crippen LogP contribution in [0.25, 0.3) is 22.5 Å². The summed E-state index contributed by atoms with van der Waals surface area (Å²) in [6.07, 6.45) is 1.54. The molecule has 1 aromatic carbocycles. The van der Waals surface area contributed by atoms with Gasteiger partial charge in [0.25, 0.3) is 0 Å². The van der Waals surface area contributed by atoms with Crippen LogP contribution in [0, 0.1) is 6.92 Å². The molecule has 120 valence electrons. The maximum atomic E-state index is 12.3. The van der Waals surface area contributed by atoms with E-state index in [1.54, 1.807) is 24.5 Å². The zero-order valence-corrected chi connectivity index (χ0v) is 12.8. The summed E-state index contributed by atoms with van der Waals surface area (Å²) in [5.74, 6) is 0.705. The average molecular weight is 323 g/mol. The monoisotopic (exact) mass is 323 g/mol. The highest BCUT2D eigenvalue weighted by molar-refractivity contribution is 5.95. The molecule has 24 heavy (non-hydrogen) atoms. The Labute approximate surface area is 136 Å². The number of ether oxygens (including phenoxy) is 1. The molecule has 4 rings (SSSR count). The van der Waals surface area contributed by atoms with Gasteiger partial charge in [0.15, 0.2) is 5.76 Å². The summed E-state index contributed by atoms with van der Waals surface area (Å²) in [5, 5.41) is 4.75. The van der Waals surface area contributed by atoms with Gasteiger partial charge in [-0.3, -0.25) is 0 Å². The molecule has 4 aromatic rings. The van der Waals surface area contributed by atoms with Gasteiger partial charge in [0.1, 0.15) is 17.9 Å². The van der Waals surface area contributed by atoms with Crippen molar-refractivity contribution in [2.75, 3.05) is 0 Å². The molecular formula is C18H13NO5. The first-order valence-electron chi connectivity index (χ1n) is 7.37. The largest absolute Gasteiger partial charge is 0.461 e. The van der Waals surface area contributed by atoms with E-state index in [9.17, 15) is 4.79 Å². The maximum Gasteiger partial charge on any atom is 0.374 e. The second kappa shape index (κ2) is 5.73. The summed E-state index contributed by atoms with van der Waals surface area (Å²) in [5.41, 5.74) is 1.90. The van der Waals surface area contributed by atoms with Gasteiger partial charge in [0, 0.05) is 17.0 Å². The fraction of sp³-hybridized carbons (Fsp3) is 0.111. The van der Waals surface area contributed by atoms with E-state index in [0.717, 1.165) is 10.9 Å². The normalized spacial score (nSPS) is 11.0. The molecule has 6 nitrogen and oxygen atoms in total. The predicted octanol–water partition coefficient (Wildman–Crippen LogP) is 4.35. The highest BCUT2D eigenvalue weighted by Gasteiger charge is 2.19. The fourth-order valence-electron chi connectivity index (χ4n) is 2.49. The van der Waals surface area contributed by atoms with Crippen molar-refractivity contribution >= 4 is 16.9 Å². The molecule has 0 saturated heterocycles. The van der Waals surface area contributed by atoms with E-state index in [-0.39, 0.29) is 12.4 Å². The topological polar surface area (TPSA) is 78.6 Å². The number of aromatic nitrogens is 1. The third-order valence-electron chi connectivity index (χ3n) is 3.70. The number of para-hydroxylation sites is 1. The maximum absolute atomic E-state index is 12.3. The van der Waals surface area contributed by atoms with Crippen LogP contribution in [0.2, 0.25) is 0 Å². The van der Waals surface area contributed by atoms with Gasteiger partial charge in [-0.2, -0.15) is 0 Å². The van der Waals surface area contributed by atoms with Gasteiger partial charge in [0.2, 0.25) is 11.5 Å². The van der Waals surface area contributed by atoms with Gasteiger partial charge in [-0.1, -0.05) is 23.4 Å². The molecule has 0 saturated carbocycles. The second-order valence-corrected chi connectivity index (χ2v) is 5.29. The molecule has 0 aliphatic heterocycles. The van der Waals surface area contributed by atoms with Crippen LogP contribution in [0.1, 0.15) is 21.8 Å². The quantitative estimate of drug-likeness (QED) is 0.520. The molecule has 0 N–H and O–H groups in total. The second-order valence-electron chi connectivity index (χ2n) is 5.29. The van der Waals surface area contributed by atoms with Crippen molar-refractivity contribution in [2.45, 2.75) is 13.5 Å². The summed E-state index contributed by atoms with van der Waals surface area (Å²) in [4.78, 5) is 12.3. The van der Waals surface area contributed by atoms with Crippen molar-refractivity contribution in [1.29, 1.82) is 0 Å². The van der Waals surface area contributed by atoms with Crippen LogP contribution in [0.5, 0.6) is 0 Å². The Kier molecular flexibility index (Phi) is 3.42. The highest BCUT2D eigenvalue weighted by Crippen LogP contribution is 2.26. The molecule has 3 aromatic heterocycles. The van der Waals surface area contributed by atoms with Crippen molar-refractivity contribution in [3.63, 3.8) is 0 Å². The third-order valence-corrected chi connectivity index (χ3v) is 3.70. The fourth-order valence-corrected chi connectivity index (χ4v) is 2.49. The number of carbonyl (C=O) groups excluding carboxylic acids is 1. The Morgan fingerprint density at radius 1 is 1.17 bits per heavy atom. The minimum atomic E-state index is -0.536. The van der Waals surface area contributed by atoms with E-state index in [1.165, 1.54) is 0 Å². The third kappa shape index (κ3) is 2.48. The molecule has 0 unspecified atom stereocenters. The van der Waals surface area contributed by atoms with Crippen molar-refractivity contribution in [2.24, 2.45) is 0 Å². The van der Waals surface area contributed by atoms with Crippen LogP contribution >= 0.6 is 0 Å². The number of aryl methyl sites for hydroxylation is 1. The summed E-state index contributed by atoms with van der Waals surface area (Å²) < 4.78 is 21.2. The number of esters is 1. The van der Waals surface area contributed by atoms with Crippen LogP contribution < -0.4 is 0 Å². The number of carbonyl (C=O) groups is 1. The van der Waals surface area contributed by atoms with Gasteiger partial charge in [-0.05, 0) is 25.1 Å². The van der Waals surface area contributed by atoms with E-state index in [4.69, 9.17) is 18.1 Å². The lowest BCUT2D eigenvalue weighted by Gasteiger charge is -2.00. The molecule has 6 heteroatoms. The van der Waals surface area contributed by atoms with E-state index in [2.05, 4.69) is 5.16 Å². The molecule has 0 radical (unpaired) electrons. The van der Waals surface area contributed by atoms with Crippen LogP contribution in [0.4, 0.5) is 0 Å². The molecule has 0 spiro atoms. The Balaban J connectivity index is 1.49. The summed E-state index contributed by atoms with van der Waals surface area (Å²) in [7, 11) is 0. The number of furan rings is 2. The first-order valence-corrected chi connectivity index (χ1v) is 7.37. The van der Waals surface area contributed by atoms with Crippen LogP contribution in [-0.2, 0) is 11.3 Å². The summed E-state index contributed by atoms with van der Waals surface area (Å²) in [6, 6.07) is 12.6. The number of benzene rings is 1. The zero-order chi connectivity index (χ0) is 16.5. The number of hydrogen-bond donors (Lipinski definition) is 0.